The molecule has 0 saturated carbocycles. The first-order valence-corrected chi connectivity index (χ1v) is 7.84. The number of nitrogens with zero attached hydrogens (tertiary/aromatic N) is 1. The van der Waals surface area contributed by atoms with Crippen molar-refractivity contribution in [2.24, 2.45) is 5.92 Å². The molecule has 124 valence electrons. The molecule has 0 spiro atoms. The standard InChI is InChI=1S/C16H25N3O2.ClH/c1-20-16(21-2)14-6-4-12-3-5-13(18-15(12)19-14)11-7-9-17-10-8-11;/h4,6,11,13,16-17H,3,5,7-10H2,1-2H3,(H,18,19);1H. The highest BCUT2D eigenvalue weighted by Gasteiger charge is 2.28. The Labute approximate surface area is 138 Å². The third kappa shape index (κ3) is 3.71. The lowest BCUT2D eigenvalue weighted by molar-refractivity contribution is -0.108. The highest BCUT2D eigenvalue weighted by atomic mass is 35.5. The molecule has 1 aromatic rings. The second-order valence-electron chi connectivity index (χ2n) is 5.92. The summed E-state index contributed by atoms with van der Waals surface area (Å²) < 4.78 is 10.6. The van der Waals surface area contributed by atoms with Crippen LogP contribution in [0, 0.1) is 5.92 Å². The van der Waals surface area contributed by atoms with Gasteiger partial charge in [-0.3, -0.25) is 0 Å². The summed E-state index contributed by atoms with van der Waals surface area (Å²) in [5.41, 5.74) is 2.13. The van der Waals surface area contributed by atoms with Crippen LogP contribution in [0.4, 0.5) is 5.82 Å². The first-order valence-electron chi connectivity index (χ1n) is 7.84. The molecule has 1 atom stereocenters. The third-order valence-electron chi connectivity index (χ3n) is 4.67. The Kier molecular flexibility index (Phi) is 6.44. The van der Waals surface area contributed by atoms with Crippen molar-refractivity contribution in [3.05, 3.63) is 23.4 Å². The van der Waals surface area contributed by atoms with Gasteiger partial charge in [0.1, 0.15) is 5.82 Å². The van der Waals surface area contributed by atoms with E-state index in [-0.39, 0.29) is 12.4 Å². The van der Waals surface area contributed by atoms with Gasteiger partial charge in [0, 0.05) is 20.3 Å². The van der Waals surface area contributed by atoms with E-state index in [4.69, 9.17) is 14.5 Å². The van der Waals surface area contributed by atoms with E-state index in [1.165, 1.54) is 24.8 Å². The van der Waals surface area contributed by atoms with Gasteiger partial charge >= 0.3 is 0 Å². The van der Waals surface area contributed by atoms with Crippen LogP contribution in [0.2, 0.25) is 0 Å². The van der Waals surface area contributed by atoms with Crippen LogP contribution in [0.15, 0.2) is 12.1 Å². The minimum Gasteiger partial charge on any atom is -0.367 e. The maximum absolute atomic E-state index is 5.30. The van der Waals surface area contributed by atoms with E-state index < -0.39 is 6.29 Å². The Balaban J connectivity index is 0.00000176. The van der Waals surface area contributed by atoms with Crippen LogP contribution in [0.3, 0.4) is 0 Å². The molecule has 1 aromatic heterocycles. The predicted molar refractivity (Wildman–Crippen MR) is 89.6 cm³/mol. The van der Waals surface area contributed by atoms with Crippen LogP contribution in [0.25, 0.3) is 0 Å². The first kappa shape index (κ1) is 17.5. The lowest BCUT2D eigenvalue weighted by atomic mass is 9.85. The monoisotopic (exact) mass is 327 g/mol. The molecule has 1 saturated heterocycles. The Morgan fingerprint density at radius 2 is 1.86 bits per heavy atom. The Morgan fingerprint density at radius 1 is 1.14 bits per heavy atom. The number of aryl methyl sites for hydroxylation is 1. The van der Waals surface area contributed by atoms with Crippen molar-refractivity contribution in [3.8, 4) is 0 Å². The molecule has 2 aliphatic rings. The highest BCUT2D eigenvalue weighted by Crippen LogP contribution is 2.31. The number of pyridine rings is 1. The van der Waals surface area contributed by atoms with Gasteiger partial charge < -0.3 is 20.1 Å². The number of hydrogen-bond acceptors (Lipinski definition) is 5. The molecule has 3 heterocycles. The first-order chi connectivity index (χ1) is 10.3. The second-order valence-corrected chi connectivity index (χ2v) is 5.92. The van der Waals surface area contributed by atoms with Crippen LogP contribution in [-0.4, -0.2) is 38.3 Å². The van der Waals surface area contributed by atoms with Crippen molar-refractivity contribution in [2.75, 3.05) is 32.6 Å². The summed E-state index contributed by atoms with van der Waals surface area (Å²) in [5.74, 6) is 1.77. The van der Waals surface area contributed by atoms with E-state index in [1.54, 1.807) is 14.2 Å². The number of rotatable bonds is 4. The summed E-state index contributed by atoms with van der Waals surface area (Å²) in [6, 6.07) is 4.70. The molecule has 3 rings (SSSR count). The maximum atomic E-state index is 5.30. The van der Waals surface area contributed by atoms with Gasteiger partial charge in [0.25, 0.3) is 0 Å². The lowest BCUT2D eigenvalue weighted by Gasteiger charge is -2.35. The predicted octanol–water partition coefficient (Wildman–Crippen LogP) is 2.52. The van der Waals surface area contributed by atoms with E-state index in [1.807, 2.05) is 6.07 Å². The Bertz CT molecular complexity index is 476. The SMILES string of the molecule is COC(OC)c1ccc2c(n1)NC(C1CCNCC1)CC2.Cl. The number of ether oxygens (including phenoxy) is 2. The number of anilines is 1. The van der Waals surface area contributed by atoms with Crippen LogP contribution >= 0.6 is 12.4 Å². The summed E-state index contributed by atoms with van der Waals surface area (Å²) in [6.07, 6.45) is 4.43. The summed E-state index contributed by atoms with van der Waals surface area (Å²) in [7, 11) is 3.28. The molecule has 0 amide bonds. The molecule has 2 aliphatic heterocycles. The fraction of sp³-hybridized carbons (Fsp3) is 0.688. The zero-order valence-corrected chi connectivity index (χ0v) is 14.1. The van der Waals surface area contributed by atoms with E-state index in [0.717, 1.165) is 36.9 Å². The molecule has 0 bridgehead atoms. The molecule has 1 fully saturated rings. The number of aromatic nitrogens is 1. The number of halogens is 1. The van der Waals surface area contributed by atoms with Crippen LogP contribution < -0.4 is 10.6 Å². The molecule has 5 nitrogen and oxygen atoms in total. The Hall–Kier alpha value is -0.880. The van der Waals surface area contributed by atoms with Crippen LogP contribution in [0.5, 0.6) is 0 Å². The van der Waals surface area contributed by atoms with Gasteiger partial charge in [0.15, 0.2) is 0 Å². The van der Waals surface area contributed by atoms with E-state index >= 15 is 0 Å². The molecule has 0 aromatic carbocycles. The fourth-order valence-electron chi connectivity index (χ4n) is 3.46. The number of hydrogen-bond donors (Lipinski definition) is 2. The molecule has 1 unspecified atom stereocenters. The van der Waals surface area contributed by atoms with Gasteiger partial charge in [-0.2, -0.15) is 0 Å². The summed E-state index contributed by atoms with van der Waals surface area (Å²) in [4.78, 5) is 4.72. The van der Waals surface area contributed by atoms with Crippen molar-refractivity contribution >= 4 is 18.2 Å². The Morgan fingerprint density at radius 3 is 2.55 bits per heavy atom. The number of methoxy groups -OCH3 is 2. The van der Waals surface area contributed by atoms with E-state index in [2.05, 4.69) is 16.7 Å². The summed E-state index contributed by atoms with van der Waals surface area (Å²) in [6.45, 7) is 2.27. The quantitative estimate of drug-likeness (QED) is 0.832. The van der Waals surface area contributed by atoms with Crippen LogP contribution in [0.1, 0.15) is 36.8 Å². The summed E-state index contributed by atoms with van der Waals surface area (Å²) in [5, 5.41) is 7.10. The van der Waals surface area contributed by atoms with Crippen molar-refractivity contribution in [3.63, 3.8) is 0 Å². The molecular weight excluding hydrogens is 302 g/mol. The molecule has 6 heteroatoms. The topological polar surface area (TPSA) is 55.4 Å². The smallest absolute Gasteiger partial charge is 0.200 e. The van der Waals surface area contributed by atoms with Gasteiger partial charge in [-0.25, -0.2) is 4.98 Å². The minimum absolute atomic E-state index is 0. The molecular formula is C16H26ClN3O2. The van der Waals surface area contributed by atoms with Gasteiger partial charge in [-0.05, 0) is 56.3 Å². The largest absolute Gasteiger partial charge is 0.367 e. The van der Waals surface area contributed by atoms with Gasteiger partial charge in [0.2, 0.25) is 6.29 Å². The number of nitrogens with one attached hydrogen (secondary N) is 2. The van der Waals surface area contributed by atoms with Crippen LogP contribution in [-0.2, 0) is 15.9 Å². The lowest BCUT2D eigenvalue weighted by Crippen LogP contribution is -2.40. The van der Waals surface area contributed by atoms with Crippen molar-refractivity contribution in [1.29, 1.82) is 0 Å². The minimum atomic E-state index is -0.392. The van der Waals surface area contributed by atoms with E-state index in [0.29, 0.717) is 6.04 Å². The molecule has 2 N–H and O–H groups in total. The highest BCUT2D eigenvalue weighted by molar-refractivity contribution is 5.85. The average molecular weight is 328 g/mol. The molecule has 0 aliphatic carbocycles. The molecule has 22 heavy (non-hydrogen) atoms. The van der Waals surface area contributed by atoms with Gasteiger partial charge in [0.05, 0.1) is 5.69 Å². The van der Waals surface area contributed by atoms with Crippen molar-refractivity contribution in [2.45, 2.75) is 38.0 Å². The number of piperidine rings is 1. The second kappa shape index (κ2) is 8.11. The van der Waals surface area contributed by atoms with Crippen molar-refractivity contribution in [1.82, 2.24) is 10.3 Å². The summed E-state index contributed by atoms with van der Waals surface area (Å²) >= 11 is 0. The average Bonchev–Trinajstić information content (AvgIpc) is 2.56. The van der Waals surface area contributed by atoms with E-state index in [9.17, 15) is 0 Å². The van der Waals surface area contributed by atoms with Crippen molar-refractivity contribution < 1.29 is 9.47 Å². The normalized spacial score (nSPS) is 21.9. The maximum Gasteiger partial charge on any atom is 0.200 e. The molecule has 0 radical (unpaired) electrons. The zero-order valence-electron chi connectivity index (χ0n) is 13.3. The number of fused-ring (bicyclic) bond motifs is 1. The van der Waals surface area contributed by atoms with Gasteiger partial charge in [-0.1, -0.05) is 6.07 Å². The fourth-order valence-corrected chi connectivity index (χ4v) is 3.46. The zero-order chi connectivity index (χ0) is 14.7. The van der Waals surface area contributed by atoms with Gasteiger partial charge in [-0.15, -0.1) is 12.4 Å². The third-order valence-corrected chi connectivity index (χ3v) is 4.67.